The summed E-state index contributed by atoms with van der Waals surface area (Å²) in [5, 5.41) is 0. The summed E-state index contributed by atoms with van der Waals surface area (Å²) in [6.07, 6.45) is 0.583. The van der Waals surface area contributed by atoms with Gasteiger partial charge >= 0.3 is 0 Å². The van der Waals surface area contributed by atoms with Crippen LogP contribution in [-0.4, -0.2) is 48.8 Å². The molecule has 0 saturated carbocycles. The molecule has 0 N–H and O–H groups in total. The van der Waals surface area contributed by atoms with Gasteiger partial charge in [-0.2, -0.15) is 0 Å². The van der Waals surface area contributed by atoms with E-state index in [2.05, 4.69) is 0 Å². The number of benzene rings is 1. The molecule has 1 aliphatic rings. The summed E-state index contributed by atoms with van der Waals surface area (Å²) < 4.78 is 39.4. The third kappa shape index (κ3) is 4.30. The highest BCUT2D eigenvalue weighted by Gasteiger charge is 2.31. The smallest absolute Gasteiger partial charge is 0.178 e. The van der Waals surface area contributed by atoms with E-state index in [4.69, 9.17) is 0 Å². The molecule has 2 aromatic rings. The Morgan fingerprint density at radius 1 is 1.30 bits per heavy atom. The molecule has 1 aromatic carbocycles. The highest BCUT2D eigenvalue weighted by molar-refractivity contribution is 7.91. The van der Waals surface area contributed by atoms with Gasteiger partial charge in [0.2, 0.25) is 0 Å². The van der Waals surface area contributed by atoms with Gasteiger partial charge in [-0.1, -0.05) is 18.2 Å². The molecule has 0 amide bonds. The van der Waals surface area contributed by atoms with Gasteiger partial charge in [0, 0.05) is 35.1 Å². The fourth-order valence-electron chi connectivity index (χ4n) is 3.90. The zero-order valence-corrected chi connectivity index (χ0v) is 16.7. The number of hydrogen-bond donors (Lipinski definition) is 0. The Balaban J connectivity index is 1.74. The van der Waals surface area contributed by atoms with Crippen molar-refractivity contribution in [3.63, 3.8) is 0 Å². The molecule has 1 saturated heterocycles. The van der Waals surface area contributed by atoms with Crippen LogP contribution in [0.2, 0.25) is 0 Å². The van der Waals surface area contributed by atoms with Crippen LogP contribution in [0.15, 0.2) is 30.3 Å². The number of aryl methyl sites for hydroxylation is 1. The molecule has 7 heteroatoms. The predicted octanol–water partition coefficient (Wildman–Crippen LogP) is 2.92. The number of ketones is 1. The van der Waals surface area contributed by atoms with Crippen LogP contribution in [0.4, 0.5) is 4.39 Å². The quantitative estimate of drug-likeness (QED) is 0.710. The van der Waals surface area contributed by atoms with Crippen molar-refractivity contribution in [1.82, 2.24) is 9.47 Å². The Hall–Kier alpha value is -1.99. The molecule has 27 heavy (non-hydrogen) atoms. The average Bonchev–Trinajstić information content (AvgIpc) is 3.08. The van der Waals surface area contributed by atoms with Crippen LogP contribution >= 0.6 is 0 Å². The Bertz CT molecular complexity index is 966. The summed E-state index contributed by atoms with van der Waals surface area (Å²) in [6, 6.07) is 8.27. The van der Waals surface area contributed by atoms with Crippen molar-refractivity contribution in [3.8, 4) is 0 Å². The highest BCUT2D eigenvalue weighted by atomic mass is 32.2. The first-order chi connectivity index (χ1) is 12.7. The number of nitrogens with zero attached hydrogens (tertiary/aromatic N) is 2. The van der Waals surface area contributed by atoms with Crippen molar-refractivity contribution in [2.75, 3.05) is 25.1 Å². The molecule has 1 aromatic heterocycles. The maximum absolute atomic E-state index is 13.8. The van der Waals surface area contributed by atoms with E-state index >= 15 is 0 Å². The van der Waals surface area contributed by atoms with E-state index in [1.807, 2.05) is 24.5 Å². The van der Waals surface area contributed by atoms with Gasteiger partial charge in [0.25, 0.3) is 0 Å². The molecule has 1 atom stereocenters. The fraction of sp³-hybridized carbons (Fsp3) is 0.450. The van der Waals surface area contributed by atoms with Gasteiger partial charge < -0.3 is 4.57 Å². The maximum atomic E-state index is 13.8. The van der Waals surface area contributed by atoms with E-state index in [9.17, 15) is 17.6 Å². The van der Waals surface area contributed by atoms with E-state index in [0.717, 1.165) is 11.4 Å². The number of halogens is 1. The second-order valence-corrected chi connectivity index (χ2v) is 9.63. The van der Waals surface area contributed by atoms with Crippen LogP contribution in [0.25, 0.3) is 0 Å². The molecule has 1 unspecified atom stereocenters. The summed E-state index contributed by atoms with van der Waals surface area (Å²) in [4.78, 5) is 14.6. The van der Waals surface area contributed by atoms with Crippen LogP contribution in [0.3, 0.4) is 0 Å². The molecule has 1 fully saturated rings. The summed E-state index contributed by atoms with van der Waals surface area (Å²) in [5.74, 6) is -0.000403. The van der Waals surface area contributed by atoms with E-state index in [-0.39, 0.29) is 35.7 Å². The highest BCUT2D eigenvalue weighted by Crippen LogP contribution is 2.29. The molecule has 3 rings (SSSR count). The van der Waals surface area contributed by atoms with Gasteiger partial charge in [0.1, 0.15) is 5.82 Å². The standard InChI is InChI=1S/C20H25FN2O3S/c1-14-10-18(15(2)23(14)17-8-9-27(25,26)13-17)20(24)12-22(3)11-16-6-4-5-7-19(16)21/h4-7,10,17H,8-9,11-13H2,1-3H3. The van der Waals surface area contributed by atoms with Crippen LogP contribution in [0.5, 0.6) is 0 Å². The first kappa shape index (κ1) is 19.8. The summed E-state index contributed by atoms with van der Waals surface area (Å²) >= 11 is 0. The molecule has 0 spiro atoms. The van der Waals surface area contributed by atoms with Gasteiger partial charge in [-0.3, -0.25) is 9.69 Å². The van der Waals surface area contributed by atoms with E-state index in [1.165, 1.54) is 6.07 Å². The molecule has 0 aliphatic carbocycles. The van der Waals surface area contributed by atoms with Gasteiger partial charge in [0.15, 0.2) is 15.6 Å². The minimum atomic E-state index is -3.00. The summed E-state index contributed by atoms with van der Waals surface area (Å²) in [6.45, 7) is 4.28. The zero-order valence-electron chi connectivity index (χ0n) is 15.9. The van der Waals surface area contributed by atoms with Crippen LogP contribution in [0.1, 0.15) is 39.8 Å². The molecule has 5 nitrogen and oxygen atoms in total. The number of hydrogen-bond acceptors (Lipinski definition) is 4. The molecule has 1 aliphatic heterocycles. The number of Topliss-reactive ketones (excluding diaryl/α,β-unsaturated/α-hetero) is 1. The molecule has 146 valence electrons. The minimum Gasteiger partial charge on any atom is -0.344 e. The second-order valence-electron chi connectivity index (χ2n) is 7.40. The fourth-order valence-corrected chi connectivity index (χ4v) is 5.60. The van der Waals surface area contributed by atoms with E-state index in [1.54, 1.807) is 30.1 Å². The molecule has 0 radical (unpaired) electrons. The Morgan fingerprint density at radius 3 is 2.63 bits per heavy atom. The summed E-state index contributed by atoms with van der Waals surface area (Å²) in [7, 11) is -1.21. The number of aromatic nitrogens is 1. The lowest BCUT2D eigenvalue weighted by Crippen LogP contribution is -2.26. The average molecular weight is 392 g/mol. The number of carbonyl (C=O) groups is 1. The molecule has 2 heterocycles. The van der Waals surface area contributed by atoms with Gasteiger partial charge in [-0.05, 0) is 39.4 Å². The third-order valence-electron chi connectivity index (χ3n) is 5.17. The lowest BCUT2D eigenvalue weighted by atomic mass is 10.1. The first-order valence-corrected chi connectivity index (χ1v) is 10.8. The molecule has 0 bridgehead atoms. The van der Waals surface area contributed by atoms with Crippen LogP contribution in [-0.2, 0) is 16.4 Å². The van der Waals surface area contributed by atoms with Gasteiger partial charge in [-0.25, -0.2) is 12.8 Å². The first-order valence-electron chi connectivity index (χ1n) is 9.02. The lowest BCUT2D eigenvalue weighted by Gasteiger charge is -2.18. The van der Waals surface area contributed by atoms with Gasteiger partial charge in [-0.15, -0.1) is 0 Å². The maximum Gasteiger partial charge on any atom is 0.178 e. The molecular weight excluding hydrogens is 367 g/mol. The predicted molar refractivity (Wildman–Crippen MR) is 103 cm³/mol. The van der Waals surface area contributed by atoms with Crippen molar-refractivity contribution in [2.24, 2.45) is 0 Å². The normalized spacial score (nSPS) is 18.9. The van der Waals surface area contributed by atoms with Crippen molar-refractivity contribution >= 4 is 15.6 Å². The molecular formula is C20H25FN2O3S. The van der Waals surface area contributed by atoms with Crippen LogP contribution in [0, 0.1) is 19.7 Å². The number of likely N-dealkylation sites (N-methyl/N-ethyl adjacent to an activating group) is 1. The van der Waals surface area contributed by atoms with Crippen molar-refractivity contribution < 1.29 is 17.6 Å². The monoisotopic (exact) mass is 392 g/mol. The van der Waals surface area contributed by atoms with E-state index < -0.39 is 9.84 Å². The number of rotatable bonds is 6. The van der Waals surface area contributed by atoms with Crippen molar-refractivity contribution in [2.45, 2.75) is 32.9 Å². The largest absolute Gasteiger partial charge is 0.344 e. The summed E-state index contributed by atoms with van der Waals surface area (Å²) in [5.41, 5.74) is 2.86. The number of sulfone groups is 1. The Labute approximate surface area is 159 Å². The van der Waals surface area contributed by atoms with Crippen molar-refractivity contribution in [3.05, 3.63) is 58.7 Å². The second kappa shape index (κ2) is 7.56. The third-order valence-corrected chi connectivity index (χ3v) is 6.92. The Morgan fingerprint density at radius 2 is 2.00 bits per heavy atom. The Kier molecular flexibility index (Phi) is 5.53. The number of carbonyl (C=O) groups excluding carboxylic acids is 1. The van der Waals surface area contributed by atoms with E-state index in [0.29, 0.717) is 24.1 Å². The van der Waals surface area contributed by atoms with Gasteiger partial charge in [0.05, 0.1) is 18.1 Å². The SMILES string of the molecule is Cc1cc(C(=O)CN(C)Cc2ccccc2F)c(C)n1C1CCS(=O)(=O)C1. The van der Waals surface area contributed by atoms with Crippen molar-refractivity contribution in [1.29, 1.82) is 0 Å². The minimum absolute atomic E-state index is 0.0472. The topological polar surface area (TPSA) is 59.4 Å². The lowest BCUT2D eigenvalue weighted by molar-refractivity contribution is 0.0941. The van der Waals surface area contributed by atoms with Crippen LogP contribution < -0.4 is 0 Å². The zero-order chi connectivity index (χ0) is 19.8.